The third-order valence-corrected chi connectivity index (χ3v) is 1.86. The monoisotopic (exact) mass is 184 g/mol. The van der Waals surface area contributed by atoms with Crippen molar-refractivity contribution in [1.29, 1.82) is 0 Å². The molecule has 0 saturated carbocycles. The number of nitrogens with zero attached hydrogens (tertiary/aromatic N) is 2. The number of carbonyl (C=O) groups is 1. The zero-order valence-corrected chi connectivity index (χ0v) is 7.72. The largest absolute Gasteiger partial charge is 0.298 e. The summed E-state index contributed by atoms with van der Waals surface area (Å²) in [5, 5.41) is 0.245. The van der Waals surface area contributed by atoms with Gasteiger partial charge >= 0.3 is 0 Å². The van der Waals surface area contributed by atoms with E-state index in [2.05, 4.69) is 9.97 Å². The summed E-state index contributed by atoms with van der Waals surface area (Å²) in [5.74, 6) is 0.670. The van der Waals surface area contributed by atoms with E-state index in [1.165, 1.54) is 0 Å². The van der Waals surface area contributed by atoms with E-state index in [1.807, 2.05) is 6.92 Å². The maximum absolute atomic E-state index is 10.5. The predicted molar refractivity (Wildman–Crippen MR) is 46.5 cm³/mol. The van der Waals surface area contributed by atoms with Gasteiger partial charge in [0.05, 0.1) is 11.3 Å². The van der Waals surface area contributed by atoms with Gasteiger partial charge in [0.2, 0.25) is 0 Å². The Morgan fingerprint density at radius 2 is 2.17 bits per heavy atom. The molecule has 1 rings (SSSR count). The molecule has 3 nitrogen and oxygen atoms in total. The number of rotatable bonds is 2. The first-order chi connectivity index (χ1) is 5.69. The maximum atomic E-state index is 10.5. The molecule has 0 unspecified atom stereocenters. The van der Waals surface area contributed by atoms with E-state index in [0.29, 0.717) is 23.4 Å². The molecule has 4 heteroatoms. The van der Waals surface area contributed by atoms with E-state index in [-0.39, 0.29) is 5.15 Å². The molecule has 12 heavy (non-hydrogen) atoms. The Kier molecular flexibility index (Phi) is 2.76. The standard InChI is InChI=1S/C8H9ClN2O/c1-3-7-10-5(2)6(4-12)8(9)11-7/h4H,3H2,1-2H3. The van der Waals surface area contributed by atoms with Gasteiger partial charge in [-0.3, -0.25) is 4.79 Å². The summed E-state index contributed by atoms with van der Waals surface area (Å²) in [6, 6.07) is 0. The first-order valence-electron chi connectivity index (χ1n) is 3.67. The fourth-order valence-corrected chi connectivity index (χ4v) is 1.17. The normalized spacial score (nSPS) is 9.92. The zero-order chi connectivity index (χ0) is 9.14. The minimum Gasteiger partial charge on any atom is -0.298 e. The Labute approximate surface area is 75.8 Å². The predicted octanol–water partition coefficient (Wildman–Crippen LogP) is 1.81. The van der Waals surface area contributed by atoms with E-state index >= 15 is 0 Å². The molecule has 1 aromatic rings. The molecular weight excluding hydrogens is 176 g/mol. The van der Waals surface area contributed by atoms with Crippen LogP contribution in [0.5, 0.6) is 0 Å². The van der Waals surface area contributed by atoms with Crippen molar-refractivity contribution in [2.75, 3.05) is 0 Å². The average Bonchev–Trinajstić information content (AvgIpc) is 2.03. The van der Waals surface area contributed by atoms with Crippen LogP contribution in [0.2, 0.25) is 5.15 Å². The summed E-state index contributed by atoms with van der Waals surface area (Å²) in [6.45, 7) is 3.68. The van der Waals surface area contributed by atoms with E-state index in [0.717, 1.165) is 6.42 Å². The minimum absolute atomic E-state index is 0.245. The Morgan fingerprint density at radius 1 is 1.50 bits per heavy atom. The molecule has 0 fully saturated rings. The fraction of sp³-hybridized carbons (Fsp3) is 0.375. The summed E-state index contributed by atoms with van der Waals surface area (Å²) in [5.41, 5.74) is 1.02. The SMILES string of the molecule is CCc1nc(C)c(C=O)c(Cl)n1. The third-order valence-electron chi connectivity index (χ3n) is 1.57. The smallest absolute Gasteiger partial charge is 0.154 e. The van der Waals surface area contributed by atoms with Gasteiger partial charge in [0.1, 0.15) is 11.0 Å². The topological polar surface area (TPSA) is 42.9 Å². The van der Waals surface area contributed by atoms with Gasteiger partial charge in [-0.2, -0.15) is 0 Å². The van der Waals surface area contributed by atoms with Gasteiger partial charge < -0.3 is 0 Å². The van der Waals surface area contributed by atoms with Crippen LogP contribution in [-0.2, 0) is 6.42 Å². The summed E-state index contributed by atoms with van der Waals surface area (Å²) in [7, 11) is 0. The van der Waals surface area contributed by atoms with Gasteiger partial charge in [0.25, 0.3) is 0 Å². The van der Waals surface area contributed by atoms with Crippen molar-refractivity contribution >= 4 is 17.9 Å². The highest BCUT2D eigenvalue weighted by Gasteiger charge is 2.07. The van der Waals surface area contributed by atoms with Crippen LogP contribution in [-0.4, -0.2) is 16.3 Å². The second kappa shape index (κ2) is 3.63. The molecule has 0 radical (unpaired) electrons. The number of halogens is 1. The molecule has 0 aliphatic carbocycles. The summed E-state index contributed by atoms with van der Waals surface area (Å²) < 4.78 is 0. The highest BCUT2D eigenvalue weighted by atomic mass is 35.5. The number of aryl methyl sites for hydroxylation is 2. The lowest BCUT2D eigenvalue weighted by Gasteiger charge is -2.01. The van der Waals surface area contributed by atoms with Crippen molar-refractivity contribution in [1.82, 2.24) is 9.97 Å². The highest BCUT2D eigenvalue weighted by Crippen LogP contribution is 2.13. The van der Waals surface area contributed by atoms with Gasteiger partial charge in [-0.25, -0.2) is 9.97 Å². The van der Waals surface area contributed by atoms with Crippen LogP contribution in [0.4, 0.5) is 0 Å². The second-order valence-electron chi connectivity index (χ2n) is 2.40. The first kappa shape index (κ1) is 9.13. The van der Waals surface area contributed by atoms with Crippen LogP contribution in [0.3, 0.4) is 0 Å². The molecule has 1 heterocycles. The quantitative estimate of drug-likeness (QED) is 0.520. The van der Waals surface area contributed by atoms with E-state index in [1.54, 1.807) is 6.92 Å². The fourth-order valence-electron chi connectivity index (χ4n) is 0.894. The Balaban J connectivity index is 3.27. The number of aromatic nitrogens is 2. The lowest BCUT2D eigenvalue weighted by Crippen LogP contribution is -2.01. The Bertz CT molecular complexity index is 289. The zero-order valence-electron chi connectivity index (χ0n) is 6.97. The number of aldehydes is 1. The molecule has 0 atom stereocenters. The summed E-state index contributed by atoms with van der Waals surface area (Å²) in [6.07, 6.45) is 1.40. The molecule has 0 spiro atoms. The number of hydrogen-bond acceptors (Lipinski definition) is 3. The maximum Gasteiger partial charge on any atom is 0.154 e. The molecule has 0 N–H and O–H groups in total. The van der Waals surface area contributed by atoms with Crippen LogP contribution in [0.1, 0.15) is 28.8 Å². The third kappa shape index (κ3) is 1.61. The summed E-state index contributed by atoms with van der Waals surface area (Å²) >= 11 is 5.73. The van der Waals surface area contributed by atoms with Crippen molar-refractivity contribution in [3.05, 3.63) is 22.2 Å². The molecule has 0 amide bonds. The van der Waals surface area contributed by atoms with Crippen LogP contribution in [0.25, 0.3) is 0 Å². The first-order valence-corrected chi connectivity index (χ1v) is 4.05. The van der Waals surface area contributed by atoms with Crippen molar-refractivity contribution in [3.8, 4) is 0 Å². The second-order valence-corrected chi connectivity index (χ2v) is 2.76. The van der Waals surface area contributed by atoms with Crippen LogP contribution < -0.4 is 0 Å². The molecular formula is C8H9ClN2O. The molecule has 0 bridgehead atoms. The lowest BCUT2D eigenvalue weighted by atomic mass is 10.2. The van der Waals surface area contributed by atoms with Gasteiger partial charge in [-0.05, 0) is 6.92 Å². The molecule has 1 aromatic heterocycles. The van der Waals surface area contributed by atoms with Gasteiger partial charge in [-0.1, -0.05) is 18.5 Å². The van der Waals surface area contributed by atoms with Crippen molar-refractivity contribution in [3.63, 3.8) is 0 Å². The van der Waals surface area contributed by atoms with Crippen molar-refractivity contribution in [2.45, 2.75) is 20.3 Å². The van der Waals surface area contributed by atoms with Crippen molar-refractivity contribution < 1.29 is 4.79 Å². The van der Waals surface area contributed by atoms with Crippen LogP contribution in [0.15, 0.2) is 0 Å². The van der Waals surface area contributed by atoms with E-state index < -0.39 is 0 Å². The molecule has 0 aliphatic heterocycles. The van der Waals surface area contributed by atoms with Crippen molar-refractivity contribution in [2.24, 2.45) is 0 Å². The van der Waals surface area contributed by atoms with Crippen LogP contribution >= 0.6 is 11.6 Å². The average molecular weight is 185 g/mol. The Morgan fingerprint density at radius 3 is 2.58 bits per heavy atom. The van der Waals surface area contributed by atoms with E-state index in [9.17, 15) is 4.79 Å². The van der Waals surface area contributed by atoms with Crippen LogP contribution in [0, 0.1) is 6.92 Å². The van der Waals surface area contributed by atoms with Gasteiger partial charge in [-0.15, -0.1) is 0 Å². The number of carbonyl (C=O) groups excluding carboxylic acids is 1. The lowest BCUT2D eigenvalue weighted by molar-refractivity contribution is 0.112. The molecule has 0 aromatic carbocycles. The number of hydrogen-bond donors (Lipinski definition) is 0. The molecule has 64 valence electrons. The minimum atomic E-state index is 0.245. The molecule has 0 aliphatic rings. The summed E-state index contributed by atoms with van der Waals surface area (Å²) in [4.78, 5) is 18.5. The van der Waals surface area contributed by atoms with E-state index in [4.69, 9.17) is 11.6 Å². The van der Waals surface area contributed by atoms with Gasteiger partial charge in [0.15, 0.2) is 6.29 Å². The highest BCUT2D eigenvalue weighted by molar-refractivity contribution is 6.31. The molecule has 0 saturated heterocycles. The Hall–Kier alpha value is -0.960. The van der Waals surface area contributed by atoms with Gasteiger partial charge in [0, 0.05) is 6.42 Å².